The van der Waals surface area contributed by atoms with Gasteiger partial charge < -0.3 is 9.73 Å². The van der Waals surface area contributed by atoms with Crippen LogP contribution in [0.15, 0.2) is 34.9 Å². The Kier molecular flexibility index (Phi) is 4.06. The monoisotopic (exact) mass is 490 g/mol. The Morgan fingerprint density at radius 3 is 2.47 bits per heavy atom. The highest BCUT2D eigenvalue weighted by molar-refractivity contribution is 7.91. The number of halogens is 1. The maximum Gasteiger partial charge on any atom is 0.309 e. The standard InChI is InChI=1S/C21H19ClN4O4S2/c1-32(28,29)21(6-7-21)17-26-25-16(30-17)15(27)24-20-9-19(10-20,11-20)18-23-8-14(31-18)12-2-4-13(22)5-3-12/h2-5,8H,6-7,9-11H2,1H3,(H,24,27). The van der Waals surface area contributed by atoms with E-state index < -0.39 is 20.5 Å². The van der Waals surface area contributed by atoms with Crippen LogP contribution in [-0.2, 0) is 20.0 Å². The van der Waals surface area contributed by atoms with Crippen LogP contribution in [0, 0.1) is 0 Å². The highest BCUT2D eigenvalue weighted by Crippen LogP contribution is 2.68. The molecule has 1 amide bonds. The van der Waals surface area contributed by atoms with E-state index in [0.717, 1.165) is 41.0 Å². The molecule has 1 aromatic carbocycles. The number of amides is 1. The van der Waals surface area contributed by atoms with E-state index in [1.54, 1.807) is 11.3 Å². The number of aromatic nitrogens is 3. The van der Waals surface area contributed by atoms with Crippen LogP contribution >= 0.6 is 22.9 Å². The second-order valence-corrected chi connectivity index (χ2v) is 13.1. The molecule has 7 rings (SSSR count). The van der Waals surface area contributed by atoms with Crippen molar-refractivity contribution >= 4 is 38.7 Å². The first-order valence-corrected chi connectivity index (χ1v) is 13.3. The predicted molar refractivity (Wildman–Crippen MR) is 118 cm³/mol. The second kappa shape index (κ2) is 6.39. The number of nitrogens with zero attached hydrogens (tertiary/aromatic N) is 3. The molecule has 8 nitrogen and oxygen atoms in total. The molecule has 4 fully saturated rings. The quantitative estimate of drug-likeness (QED) is 0.562. The van der Waals surface area contributed by atoms with E-state index in [-0.39, 0.29) is 22.7 Å². The summed E-state index contributed by atoms with van der Waals surface area (Å²) >= 11 is 7.65. The minimum atomic E-state index is -3.38. The summed E-state index contributed by atoms with van der Waals surface area (Å²) < 4.78 is 28.4. The summed E-state index contributed by atoms with van der Waals surface area (Å²) in [7, 11) is -3.38. The Morgan fingerprint density at radius 2 is 1.84 bits per heavy atom. The van der Waals surface area contributed by atoms with Gasteiger partial charge in [0.1, 0.15) is 4.75 Å². The number of hydrogen-bond acceptors (Lipinski definition) is 8. The Bertz CT molecular complexity index is 1340. The number of hydrogen-bond donors (Lipinski definition) is 1. The third-order valence-corrected chi connectivity index (χ3v) is 10.5. The number of carbonyl (C=O) groups is 1. The lowest BCUT2D eigenvalue weighted by molar-refractivity contribution is -0.0813. The first kappa shape index (κ1) is 20.3. The van der Waals surface area contributed by atoms with Crippen LogP contribution in [0.2, 0.25) is 5.02 Å². The first-order valence-electron chi connectivity index (χ1n) is 10.2. The second-order valence-electron chi connectivity index (χ2n) is 9.26. The number of benzene rings is 1. The molecule has 1 N–H and O–H groups in total. The highest BCUT2D eigenvalue weighted by atomic mass is 35.5. The van der Waals surface area contributed by atoms with Gasteiger partial charge in [0.2, 0.25) is 5.89 Å². The van der Waals surface area contributed by atoms with Gasteiger partial charge in [0.05, 0.1) is 9.88 Å². The molecule has 166 valence electrons. The molecule has 4 aliphatic carbocycles. The Labute approximate surface area is 193 Å². The molecule has 4 aliphatic rings. The molecular weight excluding hydrogens is 472 g/mol. The summed E-state index contributed by atoms with van der Waals surface area (Å²) in [6.45, 7) is 0. The normalized spacial score (nSPS) is 27.3. The number of thiazole rings is 1. The summed E-state index contributed by atoms with van der Waals surface area (Å²) in [6.07, 6.45) is 6.36. The Balaban J connectivity index is 1.12. The lowest BCUT2D eigenvalue weighted by Gasteiger charge is -2.69. The van der Waals surface area contributed by atoms with Gasteiger partial charge >= 0.3 is 11.8 Å². The van der Waals surface area contributed by atoms with E-state index in [2.05, 4.69) is 20.5 Å². The summed E-state index contributed by atoms with van der Waals surface area (Å²) in [5.74, 6) is -0.632. The maximum atomic E-state index is 12.7. The lowest BCUT2D eigenvalue weighted by Crippen LogP contribution is -2.76. The van der Waals surface area contributed by atoms with Gasteiger partial charge in [0, 0.05) is 28.4 Å². The molecule has 0 saturated heterocycles. The SMILES string of the molecule is CS(=O)(=O)C1(c2nnc(C(=O)NC34CC(c5ncc(-c6ccc(Cl)cc6)s5)(C3)C4)o2)CC1. The third-order valence-electron chi connectivity index (χ3n) is 6.92. The van der Waals surface area contributed by atoms with Crippen LogP contribution in [0.1, 0.15) is 53.7 Å². The van der Waals surface area contributed by atoms with E-state index in [9.17, 15) is 13.2 Å². The zero-order chi connectivity index (χ0) is 22.4. The van der Waals surface area contributed by atoms with Gasteiger partial charge in [-0.2, -0.15) is 0 Å². The summed E-state index contributed by atoms with van der Waals surface area (Å²) in [5.41, 5.74) is 0.811. The predicted octanol–water partition coefficient (Wildman–Crippen LogP) is 3.48. The zero-order valence-corrected chi connectivity index (χ0v) is 19.5. The highest BCUT2D eigenvalue weighted by Gasteiger charge is 2.70. The van der Waals surface area contributed by atoms with Crippen LogP contribution in [0.4, 0.5) is 0 Å². The molecule has 0 unspecified atom stereocenters. The number of rotatable bonds is 6. The molecule has 2 bridgehead atoms. The molecule has 4 saturated carbocycles. The molecule has 3 aromatic rings. The molecule has 11 heteroatoms. The fourth-order valence-electron chi connectivity index (χ4n) is 5.06. The fourth-order valence-corrected chi connectivity index (χ4v) is 7.54. The van der Waals surface area contributed by atoms with Gasteiger partial charge in [-0.05, 0) is 49.8 Å². The van der Waals surface area contributed by atoms with Crippen molar-refractivity contribution in [2.45, 2.75) is 47.8 Å². The van der Waals surface area contributed by atoms with Crippen LogP contribution < -0.4 is 5.32 Å². The largest absolute Gasteiger partial charge is 0.415 e. The Morgan fingerprint density at radius 1 is 1.16 bits per heavy atom. The number of sulfone groups is 1. The first-order chi connectivity index (χ1) is 15.1. The minimum absolute atomic E-state index is 0.0109. The third kappa shape index (κ3) is 2.89. The topological polar surface area (TPSA) is 115 Å². The van der Waals surface area contributed by atoms with Gasteiger partial charge in [0.25, 0.3) is 0 Å². The smallest absolute Gasteiger partial charge is 0.309 e. The van der Waals surface area contributed by atoms with Gasteiger partial charge in [-0.25, -0.2) is 13.4 Å². The van der Waals surface area contributed by atoms with E-state index in [1.165, 1.54) is 0 Å². The van der Waals surface area contributed by atoms with Gasteiger partial charge in [0.15, 0.2) is 9.84 Å². The molecule has 0 aliphatic heterocycles. The van der Waals surface area contributed by atoms with Crippen molar-refractivity contribution in [2.75, 3.05) is 6.26 Å². The summed E-state index contributed by atoms with van der Waals surface area (Å²) in [5, 5.41) is 12.5. The van der Waals surface area contributed by atoms with Gasteiger partial charge in [-0.3, -0.25) is 4.79 Å². The van der Waals surface area contributed by atoms with Gasteiger partial charge in [-0.15, -0.1) is 21.5 Å². The lowest BCUT2D eigenvalue weighted by atomic mass is 9.39. The molecule has 0 radical (unpaired) electrons. The molecular formula is C21H19ClN4O4S2. The number of nitrogens with one attached hydrogen (secondary N) is 1. The zero-order valence-electron chi connectivity index (χ0n) is 17.1. The Hall–Kier alpha value is -2.30. The van der Waals surface area contributed by atoms with E-state index in [1.807, 2.05) is 30.5 Å². The van der Waals surface area contributed by atoms with E-state index in [4.69, 9.17) is 16.0 Å². The maximum absolute atomic E-state index is 12.7. The molecule has 2 aromatic heterocycles. The van der Waals surface area contributed by atoms with Crippen molar-refractivity contribution in [3.63, 3.8) is 0 Å². The molecule has 0 atom stereocenters. The van der Waals surface area contributed by atoms with Crippen molar-refractivity contribution < 1.29 is 17.6 Å². The summed E-state index contributed by atoms with van der Waals surface area (Å²) in [6, 6.07) is 7.70. The molecule has 32 heavy (non-hydrogen) atoms. The summed E-state index contributed by atoms with van der Waals surface area (Å²) in [4.78, 5) is 18.4. The van der Waals surface area contributed by atoms with E-state index >= 15 is 0 Å². The van der Waals surface area contributed by atoms with Crippen LogP contribution in [-0.4, -0.2) is 41.3 Å². The van der Waals surface area contributed by atoms with Gasteiger partial charge in [-0.1, -0.05) is 23.7 Å². The average Bonchev–Trinajstić information content (AvgIpc) is 3.14. The van der Waals surface area contributed by atoms with E-state index in [0.29, 0.717) is 17.9 Å². The van der Waals surface area contributed by atoms with Crippen molar-refractivity contribution in [1.29, 1.82) is 0 Å². The van der Waals surface area contributed by atoms with Crippen LogP contribution in [0.25, 0.3) is 10.4 Å². The average molecular weight is 491 g/mol. The van der Waals surface area contributed by atoms with Crippen molar-refractivity contribution in [3.05, 3.63) is 52.3 Å². The number of carbonyl (C=O) groups excluding carboxylic acids is 1. The van der Waals surface area contributed by atoms with Crippen molar-refractivity contribution in [1.82, 2.24) is 20.5 Å². The van der Waals surface area contributed by atoms with Crippen LogP contribution in [0.5, 0.6) is 0 Å². The molecule has 0 spiro atoms. The van der Waals surface area contributed by atoms with Crippen molar-refractivity contribution in [2.24, 2.45) is 0 Å². The van der Waals surface area contributed by atoms with Crippen LogP contribution in [0.3, 0.4) is 0 Å². The van der Waals surface area contributed by atoms with Crippen molar-refractivity contribution in [3.8, 4) is 10.4 Å². The minimum Gasteiger partial charge on any atom is -0.415 e. The fraction of sp³-hybridized carbons (Fsp3) is 0.429. The molecule has 2 heterocycles.